The molecule has 9 heteroatoms. The maximum Gasteiger partial charge on any atom is 0.269 e. The molecule has 2 aromatic carbocycles. The van der Waals surface area contributed by atoms with Gasteiger partial charge in [0.25, 0.3) is 5.69 Å². The molecule has 1 unspecified atom stereocenters. The van der Waals surface area contributed by atoms with E-state index in [0.29, 0.717) is 24.6 Å². The second-order valence-electron chi connectivity index (χ2n) is 7.18. The molecule has 1 saturated heterocycles. The van der Waals surface area contributed by atoms with E-state index in [1.807, 2.05) is 37.3 Å². The summed E-state index contributed by atoms with van der Waals surface area (Å²) in [4.78, 5) is 17.4. The number of nitro benzene ring substituents is 1. The minimum absolute atomic E-state index is 0. The smallest absolute Gasteiger partial charge is 0.269 e. The van der Waals surface area contributed by atoms with Gasteiger partial charge in [0.2, 0.25) is 0 Å². The molecule has 0 bridgehead atoms. The lowest BCUT2D eigenvalue weighted by Crippen LogP contribution is -2.51. The molecule has 164 valence electrons. The molecule has 0 radical (unpaired) electrons. The number of benzene rings is 2. The first kappa shape index (κ1) is 24.4. The van der Waals surface area contributed by atoms with Crippen molar-refractivity contribution in [1.82, 2.24) is 10.6 Å². The first-order valence-electron chi connectivity index (χ1n) is 10.1. The number of guanidine groups is 1. The van der Waals surface area contributed by atoms with E-state index in [9.17, 15) is 15.4 Å². The Morgan fingerprint density at radius 3 is 2.87 bits per heavy atom. The fraction of sp³-hybridized carbons (Fsp3) is 0.364. The van der Waals surface area contributed by atoms with Crippen molar-refractivity contribution in [2.24, 2.45) is 4.99 Å². The van der Waals surface area contributed by atoms with Crippen LogP contribution in [0.4, 0.5) is 11.4 Å². The third kappa shape index (κ3) is 6.82. The lowest BCUT2D eigenvalue weighted by molar-refractivity contribution is -0.384. The van der Waals surface area contributed by atoms with Gasteiger partial charge >= 0.3 is 0 Å². The molecule has 1 aliphatic heterocycles. The largest absolute Gasteiger partial charge is 0.368 e. The highest BCUT2D eigenvalue weighted by Gasteiger charge is 2.22. The molecular formula is C22H27IN6O2. The summed E-state index contributed by atoms with van der Waals surface area (Å²) in [6.45, 7) is 4.76. The van der Waals surface area contributed by atoms with E-state index in [-0.39, 0.29) is 35.7 Å². The number of hydrogen-bond acceptors (Lipinski definition) is 5. The maximum atomic E-state index is 11.0. The lowest BCUT2D eigenvalue weighted by Gasteiger charge is -2.35. The third-order valence-electron chi connectivity index (χ3n) is 5.01. The van der Waals surface area contributed by atoms with Crippen LogP contribution in [0.25, 0.3) is 0 Å². The molecule has 0 saturated carbocycles. The van der Waals surface area contributed by atoms with Crippen LogP contribution in [0.2, 0.25) is 0 Å². The van der Waals surface area contributed by atoms with Crippen molar-refractivity contribution < 1.29 is 4.92 Å². The molecule has 1 heterocycles. The number of nitriles is 1. The maximum absolute atomic E-state index is 11.0. The van der Waals surface area contributed by atoms with Gasteiger partial charge in [-0.15, -0.1) is 24.0 Å². The van der Waals surface area contributed by atoms with Crippen molar-refractivity contribution in [2.45, 2.75) is 32.4 Å². The second kappa shape index (κ2) is 12.1. The molecule has 1 aliphatic rings. The zero-order chi connectivity index (χ0) is 21.3. The van der Waals surface area contributed by atoms with Crippen LogP contribution in [0.5, 0.6) is 0 Å². The van der Waals surface area contributed by atoms with Crippen LogP contribution in [0, 0.1) is 21.4 Å². The monoisotopic (exact) mass is 534 g/mol. The number of nitrogens with one attached hydrogen (secondary N) is 2. The summed E-state index contributed by atoms with van der Waals surface area (Å²) >= 11 is 0. The standard InChI is InChI=1S/C22H26N6O2.HI/c1-2-24-22(25-15-17-7-5-10-20(13-17)28(29)30)26-19-9-6-12-27(16-19)21-11-4-3-8-18(21)14-23;/h3-5,7-8,10-11,13,19H,2,6,9,12,15-16H2,1H3,(H2,24,25,26);1H. The van der Waals surface area contributed by atoms with Crippen LogP contribution >= 0.6 is 24.0 Å². The number of piperidine rings is 1. The van der Waals surface area contributed by atoms with Gasteiger partial charge in [0.1, 0.15) is 6.07 Å². The Morgan fingerprint density at radius 2 is 2.13 bits per heavy atom. The Morgan fingerprint density at radius 1 is 1.32 bits per heavy atom. The molecule has 0 aromatic heterocycles. The molecule has 2 N–H and O–H groups in total. The van der Waals surface area contributed by atoms with Crippen molar-refractivity contribution in [3.63, 3.8) is 0 Å². The van der Waals surface area contributed by atoms with Gasteiger partial charge in [0, 0.05) is 37.8 Å². The lowest BCUT2D eigenvalue weighted by atomic mass is 10.0. The van der Waals surface area contributed by atoms with E-state index in [1.54, 1.807) is 12.1 Å². The van der Waals surface area contributed by atoms with Crippen LogP contribution < -0.4 is 15.5 Å². The first-order valence-corrected chi connectivity index (χ1v) is 10.1. The van der Waals surface area contributed by atoms with Crippen molar-refractivity contribution in [2.75, 3.05) is 24.5 Å². The molecule has 3 rings (SSSR count). The molecule has 2 aromatic rings. The molecule has 0 spiro atoms. The number of rotatable bonds is 6. The van der Waals surface area contributed by atoms with Crippen molar-refractivity contribution in [3.8, 4) is 6.07 Å². The van der Waals surface area contributed by atoms with E-state index >= 15 is 0 Å². The fourth-order valence-corrected chi connectivity index (χ4v) is 3.61. The summed E-state index contributed by atoms with van der Waals surface area (Å²) < 4.78 is 0. The normalized spacial score (nSPS) is 16.1. The predicted octanol–water partition coefficient (Wildman–Crippen LogP) is 3.81. The molecule has 8 nitrogen and oxygen atoms in total. The van der Waals surface area contributed by atoms with Crippen LogP contribution in [0.3, 0.4) is 0 Å². The third-order valence-corrected chi connectivity index (χ3v) is 5.01. The number of nitrogens with zero attached hydrogens (tertiary/aromatic N) is 4. The van der Waals surface area contributed by atoms with Crippen molar-refractivity contribution in [1.29, 1.82) is 5.26 Å². The van der Waals surface area contributed by atoms with Crippen molar-refractivity contribution >= 4 is 41.3 Å². The zero-order valence-corrected chi connectivity index (χ0v) is 19.8. The summed E-state index contributed by atoms with van der Waals surface area (Å²) in [7, 11) is 0. The topological polar surface area (TPSA) is 107 Å². The van der Waals surface area contributed by atoms with Crippen LogP contribution in [0.15, 0.2) is 53.5 Å². The summed E-state index contributed by atoms with van der Waals surface area (Å²) in [5, 5.41) is 27.1. The van der Waals surface area contributed by atoms with Crippen LogP contribution in [-0.2, 0) is 6.54 Å². The fourth-order valence-electron chi connectivity index (χ4n) is 3.61. The SMILES string of the molecule is CCNC(=NCc1cccc([N+](=O)[O-])c1)NC1CCCN(c2ccccc2C#N)C1.I. The van der Waals surface area contributed by atoms with E-state index in [4.69, 9.17) is 0 Å². The van der Waals surface area contributed by atoms with Gasteiger partial charge in [-0.25, -0.2) is 4.99 Å². The highest BCUT2D eigenvalue weighted by Crippen LogP contribution is 2.23. The van der Waals surface area contributed by atoms with Crippen LogP contribution in [0.1, 0.15) is 30.9 Å². The minimum atomic E-state index is -0.396. The Hall–Kier alpha value is -2.87. The van der Waals surface area contributed by atoms with Gasteiger partial charge in [-0.2, -0.15) is 5.26 Å². The number of halogens is 1. The Labute approximate surface area is 199 Å². The summed E-state index contributed by atoms with van der Waals surface area (Å²) in [5.41, 5.74) is 2.50. The second-order valence-corrected chi connectivity index (χ2v) is 7.18. The van der Waals surface area contributed by atoms with Gasteiger partial charge in [-0.05, 0) is 37.5 Å². The summed E-state index contributed by atoms with van der Waals surface area (Å²) in [5.74, 6) is 0.685. The minimum Gasteiger partial charge on any atom is -0.368 e. The summed E-state index contributed by atoms with van der Waals surface area (Å²) in [6.07, 6.45) is 2.02. The molecular weight excluding hydrogens is 507 g/mol. The quantitative estimate of drug-likeness (QED) is 0.192. The Bertz CT molecular complexity index is 959. The molecule has 1 fully saturated rings. The van der Waals surface area contributed by atoms with E-state index < -0.39 is 4.92 Å². The number of hydrogen-bond donors (Lipinski definition) is 2. The molecule has 0 amide bonds. The van der Waals surface area contributed by atoms with E-state index in [2.05, 4.69) is 26.6 Å². The van der Waals surface area contributed by atoms with Crippen molar-refractivity contribution in [3.05, 3.63) is 69.8 Å². The first-order chi connectivity index (χ1) is 14.6. The van der Waals surface area contributed by atoms with Gasteiger partial charge in [0.05, 0.1) is 22.7 Å². The predicted molar refractivity (Wildman–Crippen MR) is 133 cm³/mol. The average Bonchev–Trinajstić information content (AvgIpc) is 2.78. The highest BCUT2D eigenvalue weighted by molar-refractivity contribution is 14.0. The summed E-state index contributed by atoms with van der Waals surface area (Å²) in [6, 6.07) is 16.7. The van der Waals surface area contributed by atoms with Gasteiger partial charge in [-0.1, -0.05) is 24.3 Å². The molecule has 0 aliphatic carbocycles. The number of anilines is 1. The highest BCUT2D eigenvalue weighted by atomic mass is 127. The number of non-ortho nitro benzene ring substituents is 1. The van der Waals surface area contributed by atoms with Gasteiger partial charge < -0.3 is 15.5 Å². The number of nitro groups is 1. The number of para-hydroxylation sites is 1. The van der Waals surface area contributed by atoms with E-state index in [0.717, 1.165) is 37.2 Å². The van der Waals surface area contributed by atoms with Gasteiger partial charge in [-0.3, -0.25) is 10.1 Å². The number of aliphatic imine (C=N–C) groups is 1. The molecule has 1 atom stereocenters. The Balaban J connectivity index is 0.00000341. The zero-order valence-electron chi connectivity index (χ0n) is 17.5. The molecule has 31 heavy (non-hydrogen) atoms. The van der Waals surface area contributed by atoms with Crippen LogP contribution in [-0.4, -0.2) is 36.6 Å². The van der Waals surface area contributed by atoms with Gasteiger partial charge in [0.15, 0.2) is 5.96 Å². The Kier molecular flexibility index (Phi) is 9.52. The average molecular weight is 534 g/mol. The van der Waals surface area contributed by atoms with E-state index in [1.165, 1.54) is 6.07 Å².